The van der Waals surface area contributed by atoms with Crippen LogP contribution in [0.2, 0.25) is 0 Å². The van der Waals surface area contributed by atoms with E-state index in [4.69, 9.17) is 9.84 Å². The summed E-state index contributed by atoms with van der Waals surface area (Å²) in [7, 11) is -2.11. The second-order valence-corrected chi connectivity index (χ2v) is 8.60. The Balaban J connectivity index is 2.36. The Kier molecular flexibility index (Phi) is 4.44. The van der Waals surface area contributed by atoms with E-state index in [2.05, 4.69) is 0 Å². The van der Waals surface area contributed by atoms with Crippen LogP contribution in [0.4, 0.5) is 0 Å². The zero-order chi connectivity index (χ0) is 15.8. The first kappa shape index (κ1) is 16.4. The number of methoxy groups -OCH3 is 1. The maximum Gasteiger partial charge on any atom is 0.345 e. The second-order valence-electron chi connectivity index (χ2n) is 5.43. The molecule has 1 aliphatic heterocycles. The number of thiophene rings is 1. The van der Waals surface area contributed by atoms with Crippen LogP contribution in [0.3, 0.4) is 0 Å². The maximum absolute atomic E-state index is 12.7. The molecule has 1 saturated heterocycles. The zero-order valence-corrected chi connectivity index (χ0v) is 13.9. The first-order valence-electron chi connectivity index (χ1n) is 6.59. The number of nitrogens with zero attached hydrogens (tertiary/aromatic N) is 1. The highest BCUT2D eigenvalue weighted by atomic mass is 32.2. The normalized spacial score (nSPS) is 24.1. The Morgan fingerprint density at radius 1 is 1.52 bits per heavy atom. The van der Waals surface area contributed by atoms with Gasteiger partial charge in [-0.05, 0) is 32.8 Å². The van der Waals surface area contributed by atoms with Crippen LogP contribution in [0.1, 0.15) is 34.3 Å². The van der Waals surface area contributed by atoms with Crippen LogP contribution in [-0.2, 0) is 14.8 Å². The molecule has 2 rings (SSSR count). The van der Waals surface area contributed by atoms with Crippen LogP contribution in [0, 0.1) is 6.92 Å². The van der Waals surface area contributed by atoms with Gasteiger partial charge < -0.3 is 9.84 Å². The molecule has 1 atom stereocenters. The minimum Gasteiger partial charge on any atom is -0.477 e. The first-order chi connectivity index (χ1) is 9.69. The standard InChI is InChI=1S/C13H19NO5S2/c1-9-11(7-10(20-9)12(15)16)21(17,18)14-6-4-5-13(2,8-14)19-3/h7H,4-6,8H2,1-3H3,(H,15,16). The predicted molar refractivity (Wildman–Crippen MR) is 79.4 cm³/mol. The van der Waals surface area contributed by atoms with Crippen LogP contribution in [0.15, 0.2) is 11.0 Å². The van der Waals surface area contributed by atoms with Crippen molar-refractivity contribution in [3.8, 4) is 0 Å². The van der Waals surface area contributed by atoms with Gasteiger partial charge in [0.05, 0.1) is 10.5 Å². The lowest BCUT2D eigenvalue weighted by Gasteiger charge is -2.38. The minimum atomic E-state index is -3.69. The fraction of sp³-hybridized carbons (Fsp3) is 0.615. The van der Waals surface area contributed by atoms with E-state index < -0.39 is 21.6 Å². The summed E-state index contributed by atoms with van der Waals surface area (Å²) in [6, 6.07) is 1.25. The molecule has 0 bridgehead atoms. The Bertz CT molecular complexity index is 652. The number of aryl methyl sites for hydroxylation is 1. The number of carboxylic acid groups (broad SMARTS) is 1. The van der Waals surface area contributed by atoms with Crippen molar-refractivity contribution in [1.29, 1.82) is 0 Å². The molecule has 0 amide bonds. The molecule has 1 N–H and O–H groups in total. The van der Waals surface area contributed by atoms with Gasteiger partial charge in [0, 0.05) is 25.1 Å². The van der Waals surface area contributed by atoms with Crippen LogP contribution in [0.25, 0.3) is 0 Å². The van der Waals surface area contributed by atoms with E-state index >= 15 is 0 Å². The summed E-state index contributed by atoms with van der Waals surface area (Å²) in [6.45, 7) is 4.23. The van der Waals surface area contributed by atoms with E-state index in [-0.39, 0.29) is 16.3 Å². The van der Waals surface area contributed by atoms with Gasteiger partial charge in [-0.2, -0.15) is 4.31 Å². The third-order valence-electron chi connectivity index (χ3n) is 3.82. The summed E-state index contributed by atoms with van der Waals surface area (Å²) in [5.74, 6) is -1.11. The molecular weight excluding hydrogens is 314 g/mol. The number of ether oxygens (including phenoxy) is 1. The Labute approximate surface area is 128 Å². The van der Waals surface area contributed by atoms with Gasteiger partial charge >= 0.3 is 5.97 Å². The highest BCUT2D eigenvalue weighted by Gasteiger charge is 2.38. The summed E-state index contributed by atoms with van der Waals surface area (Å²) in [4.78, 5) is 11.6. The van der Waals surface area contributed by atoms with Crippen molar-refractivity contribution >= 4 is 27.3 Å². The van der Waals surface area contributed by atoms with Crippen molar-refractivity contribution in [2.24, 2.45) is 0 Å². The van der Waals surface area contributed by atoms with Gasteiger partial charge in [-0.1, -0.05) is 0 Å². The number of hydrogen-bond acceptors (Lipinski definition) is 5. The third kappa shape index (κ3) is 3.13. The minimum absolute atomic E-state index is 0.0394. The lowest BCUT2D eigenvalue weighted by Crippen LogP contribution is -2.49. The van der Waals surface area contributed by atoms with Gasteiger partial charge in [0.15, 0.2) is 0 Å². The summed E-state index contributed by atoms with van der Waals surface area (Å²) < 4.78 is 32.3. The van der Waals surface area contributed by atoms with Crippen LogP contribution < -0.4 is 0 Å². The molecule has 0 saturated carbocycles. The van der Waals surface area contributed by atoms with Crippen LogP contribution >= 0.6 is 11.3 Å². The molecular formula is C13H19NO5S2. The first-order valence-corrected chi connectivity index (χ1v) is 8.84. The highest BCUT2D eigenvalue weighted by Crippen LogP contribution is 2.32. The smallest absolute Gasteiger partial charge is 0.345 e. The summed E-state index contributed by atoms with van der Waals surface area (Å²) >= 11 is 0.982. The Morgan fingerprint density at radius 2 is 2.19 bits per heavy atom. The van der Waals surface area contributed by atoms with Crippen molar-refractivity contribution in [3.63, 3.8) is 0 Å². The fourth-order valence-corrected chi connectivity index (χ4v) is 5.49. The molecule has 8 heteroatoms. The molecule has 2 heterocycles. The molecule has 1 aliphatic rings. The van der Waals surface area contributed by atoms with Crippen molar-refractivity contribution < 1.29 is 23.1 Å². The predicted octanol–water partition coefficient (Wildman–Crippen LogP) is 1.94. The summed E-state index contributed by atoms with van der Waals surface area (Å²) in [6.07, 6.45) is 1.52. The summed E-state index contributed by atoms with van der Waals surface area (Å²) in [5.41, 5.74) is -0.495. The monoisotopic (exact) mass is 333 g/mol. The van der Waals surface area contributed by atoms with Crippen LogP contribution in [0.5, 0.6) is 0 Å². The average molecular weight is 333 g/mol. The molecule has 0 aliphatic carbocycles. The van der Waals surface area contributed by atoms with E-state index in [9.17, 15) is 13.2 Å². The number of sulfonamides is 1. The van der Waals surface area contributed by atoms with Gasteiger partial charge in [-0.25, -0.2) is 13.2 Å². The molecule has 1 aromatic heterocycles. The number of hydrogen-bond donors (Lipinski definition) is 1. The van der Waals surface area contributed by atoms with E-state index in [1.54, 1.807) is 14.0 Å². The third-order valence-corrected chi connectivity index (χ3v) is 6.96. The van der Waals surface area contributed by atoms with Gasteiger partial charge in [0.25, 0.3) is 0 Å². The largest absolute Gasteiger partial charge is 0.477 e. The number of rotatable bonds is 4. The number of carbonyl (C=O) groups is 1. The molecule has 21 heavy (non-hydrogen) atoms. The molecule has 1 fully saturated rings. The summed E-state index contributed by atoms with van der Waals surface area (Å²) in [5, 5.41) is 9.00. The quantitative estimate of drug-likeness (QED) is 0.910. The Hall–Kier alpha value is -0.960. The van der Waals surface area contributed by atoms with E-state index in [0.29, 0.717) is 11.4 Å². The van der Waals surface area contributed by atoms with E-state index in [0.717, 1.165) is 24.2 Å². The lowest BCUT2D eigenvalue weighted by molar-refractivity contribution is -0.0319. The molecule has 1 unspecified atom stereocenters. The van der Waals surface area contributed by atoms with Gasteiger partial charge in [0.1, 0.15) is 4.88 Å². The molecule has 0 aromatic carbocycles. The molecule has 1 aromatic rings. The zero-order valence-electron chi connectivity index (χ0n) is 12.2. The molecule has 6 nitrogen and oxygen atoms in total. The van der Waals surface area contributed by atoms with Crippen LogP contribution in [-0.4, -0.2) is 49.6 Å². The Morgan fingerprint density at radius 3 is 2.71 bits per heavy atom. The van der Waals surface area contributed by atoms with Crippen molar-refractivity contribution in [2.45, 2.75) is 37.2 Å². The molecule has 0 spiro atoms. The van der Waals surface area contributed by atoms with Gasteiger partial charge in [-0.15, -0.1) is 11.3 Å². The van der Waals surface area contributed by atoms with Crippen molar-refractivity contribution in [3.05, 3.63) is 15.8 Å². The molecule has 0 radical (unpaired) electrons. The van der Waals surface area contributed by atoms with Gasteiger partial charge in [-0.3, -0.25) is 0 Å². The second kappa shape index (κ2) is 5.68. The average Bonchev–Trinajstić information content (AvgIpc) is 2.82. The van der Waals surface area contributed by atoms with E-state index in [1.807, 2.05) is 6.92 Å². The maximum atomic E-state index is 12.7. The van der Waals surface area contributed by atoms with E-state index in [1.165, 1.54) is 10.4 Å². The van der Waals surface area contributed by atoms with Gasteiger partial charge in [0.2, 0.25) is 10.0 Å². The highest BCUT2D eigenvalue weighted by molar-refractivity contribution is 7.89. The SMILES string of the molecule is COC1(C)CCCN(S(=O)(=O)c2cc(C(=O)O)sc2C)C1. The topological polar surface area (TPSA) is 83.9 Å². The number of piperidine rings is 1. The number of aromatic carboxylic acids is 1. The fourth-order valence-electron chi connectivity index (χ4n) is 2.50. The van der Waals surface area contributed by atoms with Crippen molar-refractivity contribution in [1.82, 2.24) is 4.31 Å². The number of carboxylic acids is 1. The lowest BCUT2D eigenvalue weighted by atomic mass is 9.96. The molecule has 118 valence electrons. The van der Waals surface area contributed by atoms with Crippen molar-refractivity contribution in [2.75, 3.05) is 20.2 Å².